The van der Waals surface area contributed by atoms with Gasteiger partial charge in [0.25, 0.3) is 0 Å². The molecule has 0 spiro atoms. The molecule has 0 bridgehead atoms. The number of likely N-dealkylation sites (tertiary alicyclic amines) is 1. The highest BCUT2D eigenvalue weighted by Gasteiger charge is 2.33. The second-order valence-corrected chi connectivity index (χ2v) is 8.44. The van der Waals surface area contributed by atoms with Gasteiger partial charge in [-0.15, -0.1) is 0 Å². The average molecular weight is 377 g/mol. The highest BCUT2D eigenvalue weighted by Crippen LogP contribution is 2.32. The summed E-state index contributed by atoms with van der Waals surface area (Å²) in [4.78, 5) is 27.3. The first kappa shape index (κ1) is 19.2. The van der Waals surface area contributed by atoms with Gasteiger partial charge < -0.3 is 10.2 Å². The first-order chi connectivity index (χ1) is 12.4. The molecule has 1 aliphatic carbocycles. The Balaban J connectivity index is 1.50. The maximum atomic E-state index is 12.7. The van der Waals surface area contributed by atoms with E-state index in [0.717, 1.165) is 68.8 Å². The van der Waals surface area contributed by atoms with E-state index in [1.54, 1.807) is 6.07 Å². The van der Waals surface area contributed by atoms with Crippen LogP contribution in [0.3, 0.4) is 0 Å². The lowest BCUT2D eigenvalue weighted by molar-refractivity contribution is -0.139. The summed E-state index contributed by atoms with van der Waals surface area (Å²) in [6.45, 7) is 6.00. The zero-order chi connectivity index (χ0) is 18.7. The van der Waals surface area contributed by atoms with Gasteiger partial charge in [-0.25, -0.2) is 0 Å². The third-order valence-electron chi connectivity index (χ3n) is 5.99. The second kappa shape index (κ2) is 8.43. The first-order valence-electron chi connectivity index (χ1n) is 9.80. The summed E-state index contributed by atoms with van der Waals surface area (Å²) in [6.07, 6.45) is 5.46. The number of piperidine rings is 1. The SMILES string of the molecule is Cc1cc(Cl)ccc1NC(=O)C1CCC(C(=O)N2CCC(C)CC2)CC1. The predicted molar refractivity (Wildman–Crippen MR) is 105 cm³/mol. The lowest BCUT2D eigenvalue weighted by Gasteiger charge is -2.35. The lowest BCUT2D eigenvalue weighted by Crippen LogP contribution is -2.42. The molecule has 0 atom stereocenters. The maximum Gasteiger partial charge on any atom is 0.227 e. The van der Waals surface area contributed by atoms with Crippen LogP contribution >= 0.6 is 11.6 Å². The summed E-state index contributed by atoms with van der Waals surface area (Å²) in [7, 11) is 0. The van der Waals surface area contributed by atoms with Crippen molar-refractivity contribution < 1.29 is 9.59 Å². The molecule has 0 unspecified atom stereocenters. The van der Waals surface area contributed by atoms with Crippen LogP contribution in [-0.4, -0.2) is 29.8 Å². The normalized spacial score (nSPS) is 24.3. The summed E-state index contributed by atoms with van der Waals surface area (Å²) >= 11 is 5.97. The number of benzene rings is 1. The van der Waals surface area contributed by atoms with Crippen LogP contribution in [0.1, 0.15) is 51.0 Å². The number of nitrogens with one attached hydrogen (secondary N) is 1. The molecule has 4 nitrogen and oxygen atoms in total. The van der Waals surface area contributed by atoms with Crippen molar-refractivity contribution >= 4 is 29.1 Å². The molecule has 2 aliphatic rings. The van der Waals surface area contributed by atoms with E-state index in [4.69, 9.17) is 11.6 Å². The minimum atomic E-state index is -0.00416. The molecular weight excluding hydrogens is 348 g/mol. The van der Waals surface area contributed by atoms with Crippen molar-refractivity contribution in [1.29, 1.82) is 0 Å². The van der Waals surface area contributed by atoms with Crippen LogP contribution in [0.5, 0.6) is 0 Å². The number of amides is 2. The van der Waals surface area contributed by atoms with Gasteiger partial charge in [0.05, 0.1) is 0 Å². The minimum Gasteiger partial charge on any atom is -0.342 e. The zero-order valence-electron chi connectivity index (χ0n) is 15.8. The quantitative estimate of drug-likeness (QED) is 0.834. The number of carbonyl (C=O) groups excluding carboxylic acids is 2. The van der Waals surface area contributed by atoms with Gasteiger partial charge in [-0.1, -0.05) is 18.5 Å². The van der Waals surface area contributed by atoms with E-state index in [1.165, 1.54) is 0 Å². The molecule has 1 heterocycles. The van der Waals surface area contributed by atoms with Crippen molar-refractivity contribution in [3.63, 3.8) is 0 Å². The number of nitrogens with zero attached hydrogens (tertiary/aromatic N) is 1. The summed E-state index contributed by atoms with van der Waals surface area (Å²) < 4.78 is 0. The number of rotatable bonds is 3. The van der Waals surface area contributed by atoms with Gasteiger partial charge in [0.15, 0.2) is 0 Å². The molecule has 142 valence electrons. The van der Waals surface area contributed by atoms with Crippen LogP contribution in [-0.2, 0) is 9.59 Å². The average Bonchev–Trinajstić information content (AvgIpc) is 2.64. The van der Waals surface area contributed by atoms with Crippen molar-refractivity contribution in [3.05, 3.63) is 28.8 Å². The highest BCUT2D eigenvalue weighted by molar-refractivity contribution is 6.30. The Morgan fingerprint density at radius 2 is 1.65 bits per heavy atom. The number of carbonyl (C=O) groups is 2. The van der Waals surface area contributed by atoms with Gasteiger partial charge in [-0.2, -0.15) is 0 Å². The molecule has 26 heavy (non-hydrogen) atoms. The molecule has 1 N–H and O–H groups in total. The van der Waals surface area contributed by atoms with Gasteiger partial charge in [0, 0.05) is 35.6 Å². The lowest BCUT2D eigenvalue weighted by atomic mass is 9.80. The molecule has 2 amide bonds. The molecule has 1 saturated heterocycles. The molecule has 1 saturated carbocycles. The molecule has 1 aliphatic heterocycles. The van der Waals surface area contributed by atoms with E-state index in [1.807, 2.05) is 24.0 Å². The molecule has 3 rings (SSSR count). The van der Waals surface area contributed by atoms with Gasteiger partial charge in [0.2, 0.25) is 11.8 Å². The third kappa shape index (κ3) is 4.59. The second-order valence-electron chi connectivity index (χ2n) is 8.00. The van der Waals surface area contributed by atoms with Crippen LogP contribution in [0.25, 0.3) is 0 Å². The Labute approximate surface area is 161 Å². The van der Waals surface area contributed by atoms with E-state index in [2.05, 4.69) is 12.2 Å². The molecule has 1 aromatic carbocycles. The fraction of sp³-hybridized carbons (Fsp3) is 0.619. The van der Waals surface area contributed by atoms with Gasteiger partial charge in [-0.05, 0) is 75.1 Å². The molecule has 5 heteroatoms. The molecule has 0 radical (unpaired) electrons. The highest BCUT2D eigenvalue weighted by atomic mass is 35.5. The van der Waals surface area contributed by atoms with Crippen LogP contribution in [0.15, 0.2) is 18.2 Å². The predicted octanol–water partition coefficient (Wildman–Crippen LogP) is 4.65. The molecule has 1 aromatic rings. The zero-order valence-corrected chi connectivity index (χ0v) is 16.5. The number of aryl methyl sites for hydroxylation is 1. The third-order valence-corrected chi connectivity index (χ3v) is 6.22. The van der Waals surface area contributed by atoms with Crippen molar-refractivity contribution in [2.45, 2.75) is 52.4 Å². The smallest absolute Gasteiger partial charge is 0.227 e. The number of halogens is 1. The maximum absolute atomic E-state index is 12.7. The molecule has 2 fully saturated rings. The summed E-state index contributed by atoms with van der Waals surface area (Å²) in [5.74, 6) is 1.20. The standard InChI is InChI=1S/C21H29ClN2O2/c1-14-9-11-24(12-10-14)21(26)17-5-3-16(4-6-17)20(25)23-19-8-7-18(22)13-15(19)2/h7-8,13-14,16-17H,3-6,9-12H2,1-2H3,(H,23,25). The van der Waals surface area contributed by atoms with Crippen molar-refractivity contribution in [2.24, 2.45) is 17.8 Å². The van der Waals surface area contributed by atoms with Crippen molar-refractivity contribution in [3.8, 4) is 0 Å². The van der Waals surface area contributed by atoms with Gasteiger partial charge >= 0.3 is 0 Å². The van der Waals surface area contributed by atoms with Crippen LogP contribution in [0.2, 0.25) is 5.02 Å². The fourth-order valence-electron chi connectivity index (χ4n) is 4.09. The Kier molecular flexibility index (Phi) is 6.23. The summed E-state index contributed by atoms with van der Waals surface area (Å²) in [5.41, 5.74) is 1.79. The van der Waals surface area contributed by atoms with E-state index >= 15 is 0 Å². The molecule has 0 aromatic heterocycles. The van der Waals surface area contributed by atoms with E-state index in [-0.39, 0.29) is 17.7 Å². The Hall–Kier alpha value is -1.55. The van der Waals surface area contributed by atoms with Crippen LogP contribution < -0.4 is 5.32 Å². The van der Waals surface area contributed by atoms with Gasteiger partial charge in [-0.3, -0.25) is 9.59 Å². The first-order valence-corrected chi connectivity index (χ1v) is 10.2. The minimum absolute atomic E-state index is 0.00416. The van der Waals surface area contributed by atoms with Gasteiger partial charge in [0.1, 0.15) is 0 Å². The Morgan fingerprint density at radius 3 is 2.27 bits per heavy atom. The topological polar surface area (TPSA) is 49.4 Å². The number of hydrogen-bond acceptors (Lipinski definition) is 2. The Bertz CT molecular complexity index is 660. The van der Waals surface area contributed by atoms with Crippen molar-refractivity contribution in [1.82, 2.24) is 4.90 Å². The summed E-state index contributed by atoms with van der Waals surface area (Å²) in [6, 6.07) is 5.49. The Morgan fingerprint density at radius 1 is 1.04 bits per heavy atom. The van der Waals surface area contributed by atoms with E-state index < -0.39 is 0 Å². The van der Waals surface area contributed by atoms with Crippen LogP contribution in [0, 0.1) is 24.7 Å². The van der Waals surface area contributed by atoms with Crippen LogP contribution in [0.4, 0.5) is 5.69 Å². The fourth-order valence-corrected chi connectivity index (χ4v) is 4.32. The summed E-state index contributed by atoms with van der Waals surface area (Å²) in [5, 5.41) is 3.70. The largest absolute Gasteiger partial charge is 0.342 e. The van der Waals surface area contributed by atoms with Crippen molar-refractivity contribution in [2.75, 3.05) is 18.4 Å². The molecular formula is C21H29ClN2O2. The number of hydrogen-bond donors (Lipinski definition) is 1. The number of anilines is 1. The van der Waals surface area contributed by atoms with E-state index in [9.17, 15) is 9.59 Å². The monoisotopic (exact) mass is 376 g/mol. The van der Waals surface area contributed by atoms with E-state index in [0.29, 0.717) is 10.9 Å².